The Bertz CT molecular complexity index is 1040. The van der Waals surface area contributed by atoms with Gasteiger partial charge in [0.05, 0.1) is 5.56 Å². The van der Waals surface area contributed by atoms with Gasteiger partial charge in [0.1, 0.15) is 12.1 Å². The average Bonchev–Trinajstić information content (AvgIpc) is 3.25. The van der Waals surface area contributed by atoms with Crippen molar-refractivity contribution < 1.29 is 23.5 Å². The molecule has 0 fully saturated rings. The third-order valence-electron chi connectivity index (χ3n) is 4.16. The van der Waals surface area contributed by atoms with Crippen LogP contribution < -0.4 is 5.32 Å². The summed E-state index contributed by atoms with van der Waals surface area (Å²) in [4.78, 5) is 36.0. The van der Waals surface area contributed by atoms with Gasteiger partial charge in [-0.05, 0) is 34.2 Å². The first-order chi connectivity index (χ1) is 14.4. The van der Waals surface area contributed by atoms with E-state index in [0.29, 0.717) is 0 Å². The molecule has 154 valence electrons. The molecule has 0 radical (unpaired) electrons. The lowest BCUT2D eigenvalue weighted by atomic mass is 10.1. The van der Waals surface area contributed by atoms with Gasteiger partial charge in [-0.2, -0.15) is 0 Å². The van der Waals surface area contributed by atoms with E-state index in [1.54, 1.807) is 0 Å². The molecular weight excluding hydrogens is 393 g/mol. The first-order valence-electron chi connectivity index (χ1n) is 8.97. The number of hydrogen-bond acceptors (Lipinski definition) is 7. The highest BCUT2D eigenvalue weighted by Crippen LogP contribution is 2.17. The van der Waals surface area contributed by atoms with Crippen molar-refractivity contribution in [1.82, 2.24) is 20.2 Å². The summed E-state index contributed by atoms with van der Waals surface area (Å²) in [7, 11) is 0. The number of tetrazole rings is 1. The smallest absolute Gasteiger partial charge is 0.331 e. The summed E-state index contributed by atoms with van der Waals surface area (Å²) in [6.45, 7) is 0.635. The van der Waals surface area contributed by atoms with Crippen molar-refractivity contribution in [3.63, 3.8) is 0 Å². The average molecular weight is 411 g/mol. The molecule has 0 spiro atoms. The topological polar surface area (TPSA) is 116 Å². The Morgan fingerprint density at radius 3 is 2.57 bits per heavy atom. The van der Waals surface area contributed by atoms with Gasteiger partial charge >= 0.3 is 5.97 Å². The minimum Gasteiger partial charge on any atom is -0.456 e. The molecule has 3 aromatic rings. The Morgan fingerprint density at radius 1 is 1.17 bits per heavy atom. The van der Waals surface area contributed by atoms with Crippen molar-refractivity contribution in [2.75, 3.05) is 11.9 Å². The number of carbonyl (C=O) groups is 3. The highest BCUT2D eigenvalue weighted by molar-refractivity contribution is 5.99. The fourth-order valence-corrected chi connectivity index (χ4v) is 2.77. The Morgan fingerprint density at radius 2 is 1.93 bits per heavy atom. The van der Waals surface area contributed by atoms with E-state index in [-0.39, 0.29) is 23.6 Å². The summed E-state index contributed by atoms with van der Waals surface area (Å²) < 4.78 is 20.6. The van der Waals surface area contributed by atoms with Crippen molar-refractivity contribution in [1.29, 1.82) is 0 Å². The number of rotatable bonds is 8. The van der Waals surface area contributed by atoms with Crippen LogP contribution in [0.2, 0.25) is 0 Å². The van der Waals surface area contributed by atoms with E-state index in [0.717, 1.165) is 11.6 Å². The molecule has 1 N–H and O–H groups in total. The van der Waals surface area contributed by atoms with Crippen LogP contribution >= 0.6 is 0 Å². The monoisotopic (exact) mass is 411 g/mol. The quantitative estimate of drug-likeness (QED) is 0.445. The number of esters is 1. The second-order valence-corrected chi connectivity index (χ2v) is 6.40. The van der Waals surface area contributed by atoms with Gasteiger partial charge in [0.2, 0.25) is 11.7 Å². The molecular formula is C20H18FN5O4. The van der Waals surface area contributed by atoms with Gasteiger partial charge in [-0.1, -0.05) is 30.3 Å². The molecule has 1 amide bonds. The first-order valence-corrected chi connectivity index (χ1v) is 8.97. The van der Waals surface area contributed by atoms with Crippen molar-refractivity contribution in [2.45, 2.75) is 19.4 Å². The number of hydrogen-bond donors (Lipinski definition) is 1. The van der Waals surface area contributed by atoms with Crippen molar-refractivity contribution >= 4 is 23.3 Å². The van der Waals surface area contributed by atoms with E-state index in [9.17, 15) is 18.8 Å². The summed E-state index contributed by atoms with van der Waals surface area (Å²) in [5, 5.41) is 13.2. The minimum absolute atomic E-state index is 0.218. The van der Waals surface area contributed by atoms with Crippen LogP contribution in [0, 0.1) is 5.82 Å². The zero-order valence-electron chi connectivity index (χ0n) is 16.0. The standard InChI is InChI=1S/C20H18FN5O4/c1-13(27)23-15-7-8-16(17(21)10-15)19(28)11-30-20(29)18(26-12-22-24-25-26)9-14-5-3-2-4-6-14/h2-8,10,12,18H,9,11H2,1H3,(H,23,27)/t18-/m1/s1. The van der Waals surface area contributed by atoms with E-state index in [2.05, 4.69) is 20.8 Å². The lowest BCUT2D eigenvalue weighted by Crippen LogP contribution is -2.27. The van der Waals surface area contributed by atoms with Crippen LogP contribution in [0.15, 0.2) is 54.9 Å². The SMILES string of the molecule is CC(=O)Nc1ccc(C(=O)COC(=O)[C@@H](Cc2ccccc2)n2cnnn2)c(F)c1. The minimum atomic E-state index is -0.887. The number of carbonyl (C=O) groups excluding carboxylic acids is 3. The Balaban J connectivity index is 1.67. The maximum absolute atomic E-state index is 14.2. The number of aromatic nitrogens is 4. The summed E-state index contributed by atoms with van der Waals surface area (Å²) in [6, 6.07) is 11.9. The van der Waals surface area contributed by atoms with Gasteiger partial charge in [0.25, 0.3) is 0 Å². The molecule has 1 atom stereocenters. The van der Waals surface area contributed by atoms with Gasteiger partial charge < -0.3 is 10.1 Å². The third kappa shape index (κ3) is 5.31. The van der Waals surface area contributed by atoms with Crippen molar-refractivity contribution in [2.24, 2.45) is 0 Å². The predicted molar refractivity (Wildman–Crippen MR) is 103 cm³/mol. The molecule has 0 aliphatic heterocycles. The Labute approximate surface area is 170 Å². The number of amides is 1. The molecule has 10 heteroatoms. The van der Waals surface area contributed by atoms with E-state index in [1.165, 1.54) is 30.1 Å². The number of benzene rings is 2. The lowest BCUT2D eigenvalue weighted by Gasteiger charge is -2.15. The summed E-state index contributed by atoms with van der Waals surface area (Å²) in [5.41, 5.74) is 0.815. The maximum atomic E-state index is 14.2. The number of ether oxygens (including phenoxy) is 1. The second-order valence-electron chi connectivity index (χ2n) is 6.40. The Kier molecular flexibility index (Phi) is 6.58. The maximum Gasteiger partial charge on any atom is 0.331 e. The van der Waals surface area contributed by atoms with E-state index in [1.807, 2.05) is 30.3 Å². The summed E-state index contributed by atoms with van der Waals surface area (Å²) in [5.74, 6) is -2.64. The molecule has 1 heterocycles. The van der Waals surface area contributed by atoms with Crippen LogP contribution in [0.5, 0.6) is 0 Å². The van der Waals surface area contributed by atoms with Crippen molar-refractivity contribution in [3.05, 3.63) is 71.8 Å². The Hall–Kier alpha value is -3.95. The number of nitrogens with zero attached hydrogens (tertiary/aromatic N) is 4. The number of Topliss-reactive ketones (excluding diaryl/α,β-unsaturated/α-hetero) is 1. The molecule has 0 saturated heterocycles. The highest BCUT2D eigenvalue weighted by atomic mass is 19.1. The predicted octanol–water partition coefficient (Wildman–Crippen LogP) is 1.98. The molecule has 0 aliphatic rings. The van der Waals surface area contributed by atoms with Gasteiger partial charge in [0, 0.05) is 19.0 Å². The van der Waals surface area contributed by atoms with Crippen LogP contribution in [0.25, 0.3) is 0 Å². The van der Waals surface area contributed by atoms with Gasteiger partial charge in [0.15, 0.2) is 12.6 Å². The van der Waals surface area contributed by atoms with Crippen LogP contribution in [0.1, 0.15) is 28.9 Å². The van der Waals surface area contributed by atoms with E-state index < -0.39 is 30.2 Å². The lowest BCUT2D eigenvalue weighted by molar-refractivity contribution is -0.146. The normalized spacial score (nSPS) is 11.5. The molecule has 0 saturated carbocycles. The zero-order chi connectivity index (χ0) is 21.5. The second kappa shape index (κ2) is 9.50. The van der Waals surface area contributed by atoms with Crippen LogP contribution in [0.3, 0.4) is 0 Å². The molecule has 1 aromatic heterocycles. The molecule has 0 bridgehead atoms. The van der Waals surface area contributed by atoms with Crippen LogP contribution in [-0.4, -0.2) is 44.5 Å². The fourth-order valence-electron chi connectivity index (χ4n) is 2.77. The molecule has 30 heavy (non-hydrogen) atoms. The molecule has 9 nitrogen and oxygen atoms in total. The zero-order valence-corrected chi connectivity index (χ0v) is 16.0. The molecule has 2 aromatic carbocycles. The molecule has 3 rings (SSSR count). The van der Waals surface area contributed by atoms with Gasteiger partial charge in [-0.3, -0.25) is 9.59 Å². The number of anilines is 1. The number of ketones is 1. The summed E-state index contributed by atoms with van der Waals surface area (Å²) >= 11 is 0. The third-order valence-corrected chi connectivity index (χ3v) is 4.16. The number of halogens is 1. The van der Waals surface area contributed by atoms with Crippen molar-refractivity contribution in [3.8, 4) is 0 Å². The van der Waals surface area contributed by atoms with Gasteiger partial charge in [-0.15, -0.1) is 5.10 Å². The van der Waals surface area contributed by atoms with Crippen LogP contribution in [-0.2, 0) is 20.7 Å². The van der Waals surface area contributed by atoms with E-state index >= 15 is 0 Å². The largest absolute Gasteiger partial charge is 0.456 e. The highest BCUT2D eigenvalue weighted by Gasteiger charge is 2.25. The van der Waals surface area contributed by atoms with E-state index in [4.69, 9.17) is 4.74 Å². The first kappa shape index (κ1) is 20.8. The molecule has 0 aliphatic carbocycles. The fraction of sp³-hybridized carbons (Fsp3) is 0.200. The summed E-state index contributed by atoms with van der Waals surface area (Å²) in [6.07, 6.45) is 1.52. The van der Waals surface area contributed by atoms with Gasteiger partial charge in [-0.25, -0.2) is 13.9 Å². The van der Waals surface area contributed by atoms with Crippen LogP contribution in [0.4, 0.5) is 10.1 Å². The number of nitrogens with one attached hydrogen (secondary N) is 1. The molecule has 0 unspecified atom stereocenters.